The molecule has 4 heteroatoms. The van der Waals surface area contributed by atoms with Crippen molar-refractivity contribution in [3.8, 4) is 11.8 Å². The number of esters is 1. The first kappa shape index (κ1) is 10.6. The van der Waals surface area contributed by atoms with Crippen LogP contribution in [0, 0.1) is 11.8 Å². The van der Waals surface area contributed by atoms with Crippen LogP contribution >= 0.6 is 11.6 Å². The Hall–Kier alpha value is -1.53. The average molecular weight is 210 g/mol. The second-order valence-electron chi connectivity index (χ2n) is 2.34. The van der Waals surface area contributed by atoms with Crippen LogP contribution in [0.15, 0.2) is 18.3 Å². The van der Waals surface area contributed by atoms with Gasteiger partial charge in [0.15, 0.2) is 0 Å². The summed E-state index contributed by atoms with van der Waals surface area (Å²) in [5.74, 6) is 4.40. The van der Waals surface area contributed by atoms with E-state index in [0.717, 1.165) is 0 Å². The molecule has 72 valence electrons. The van der Waals surface area contributed by atoms with Gasteiger partial charge in [0.1, 0.15) is 5.15 Å². The molecule has 0 aliphatic carbocycles. The summed E-state index contributed by atoms with van der Waals surface area (Å²) in [6.07, 6.45) is 1.49. The Balaban J connectivity index is 2.68. The number of halogens is 1. The highest BCUT2D eigenvalue weighted by molar-refractivity contribution is 6.29. The molecule has 1 rings (SSSR count). The minimum absolute atomic E-state index is 0.326. The minimum atomic E-state index is -0.539. The average Bonchev–Trinajstić information content (AvgIpc) is 2.17. The molecule has 0 N–H and O–H groups in total. The second kappa shape index (κ2) is 5.25. The number of carbonyl (C=O) groups is 1. The third-order valence-electron chi connectivity index (χ3n) is 1.31. The molecule has 0 radical (unpaired) electrons. The quantitative estimate of drug-likeness (QED) is 0.401. The smallest absolute Gasteiger partial charge is 0.384 e. The first-order valence-electron chi connectivity index (χ1n) is 4.02. The molecule has 0 aliphatic rings. The van der Waals surface area contributed by atoms with E-state index in [4.69, 9.17) is 11.6 Å². The molecule has 0 atom stereocenters. The maximum absolute atomic E-state index is 10.8. The van der Waals surface area contributed by atoms with Gasteiger partial charge in [-0.3, -0.25) is 0 Å². The van der Waals surface area contributed by atoms with Gasteiger partial charge in [0.25, 0.3) is 0 Å². The van der Waals surface area contributed by atoms with Crippen molar-refractivity contribution in [1.29, 1.82) is 0 Å². The molecule has 14 heavy (non-hydrogen) atoms. The van der Waals surface area contributed by atoms with Gasteiger partial charge in [-0.2, -0.15) is 0 Å². The number of hydrogen-bond acceptors (Lipinski definition) is 3. The van der Waals surface area contributed by atoms with Crippen molar-refractivity contribution in [1.82, 2.24) is 4.98 Å². The van der Waals surface area contributed by atoms with Crippen LogP contribution < -0.4 is 0 Å². The van der Waals surface area contributed by atoms with Crippen molar-refractivity contribution in [3.63, 3.8) is 0 Å². The zero-order valence-electron chi connectivity index (χ0n) is 7.58. The first-order valence-corrected chi connectivity index (χ1v) is 4.40. The van der Waals surface area contributed by atoms with Crippen LogP contribution in [0.1, 0.15) is 12.5 Å². The molecule has 3 nitrogen and oxygen atoms in total. The Morgan fingerprint density at radius 2 is 2.43 bits per heavy atom. The lowest BCUT2D eigenvalue weighted by atomic mass is 10.3. The Bertz CT molecular complexity index is 375. The van der Waals surface area contributed by atoms with Crippen molar-refractivity contribution >= 4 is 17.6 Å². The van der Waals surface area contributed by atoms with Crippen LogP contribution in [0.5, 0.6) is 0 Å². The summed E-state index contributed by atoms with van der Waals surface area (Å²) in [7, 11) is 0. The summed E-state index contributed by atoms with van der Waals surface area (Å²) < 4.78 is 4.63. The highest BCUT2D eigenvalue weighted by atomic mass is 35.5. The van der Waals surface area contributed by atoms with E-state index in [-0.39, 0.29) is 0 Å². The summed E-state index contributed by atoms with van der Waals surface area (Å²) in [6.45, 7) is 2.05. The SMILES string of the molecule is CCOC(=O)C#Cc1ccc(Cl)nc1. The van der Waals surface area contributed by atoms with E-state index in [1.165, 1.54) is 6.20 Å². The molecule has 0 unspecified atom stereocenters. The van der Waals surface area contributed by atoms with E-state index in [2.05, 4.69) is 21.6 Å². The number of ether oxygens (including phenoxy) is 1. The van der Waals surface area contributed by atoms with Crippen molar-refractivity contribution < 1.29 is 9.53 Å². The van der Waals surface area contributed by atoms with Gasteiger partial charge in [-0.25, -0.2) is 9.78 Å². The molecule has 1 heterocycles. The number of rotatable bonds is 1. The summed E-state index contributed by atoms with van der Waals surface area (Å²) in [5.41, 5.74) is 0.627. The molecule has 0 saturated heterocycles. The number of hydrogen-bond donors (Lipinski definition) is 0. The Morgan fingerprint density at radius 3 is 3.00 bits per heavy atom. The third-order valence-corrected chi connectivity index (χ3v) is 1.54. The van der Waals surface area contributed by atoms with Crippen LogP contribution in [0.2, 0.25) is 5.15 Å². The lowest BCUT2D eigenvalue weighted by Gasteiger charge is -1.91. The standard InChI is InChI=1S/C10H8ClNO2/c1-2-14-10(13)6-4-8-3-5-9(11)12-7-8/h3,5,7H,2H2,1H3. The van der Waals surface area contributed by atoms with Gasteiger partial charge in [0.2, 0.25) is 0 Å². The molecule has 1 aromatic rings. The summed E-state index contributed by atoms with van der Waals surface area (Å²) in [4.78, 5) is 14.7. The molecule has 0 saturated carbocycles. The molecule has 0 aromatic carbocycles. The van der Waals surface area contributed by atoms with E-state index >= 15 is 0 Å². The lowest BCUT2D eigenvalue weighted by molar-refractivity contribution is -0.136. The Labute approximate surface area is 87.1 Å². The van der Waals surface area contributed by atoms with Crippen LogP contribution in [0.3, 0.4) is 0 Å². The summed E-state index contributed by atoms with van der Waals surface area (Å²) in [6, 6.07) is 3.29. The number of pyridine rings is 1. The Morgan fingerprint density at radius 1 is 1.64 bits per heavy atom. The molecule has 0 amide bonds. The van der Waals surface area contributed by atoms with Gasteiger partial charge in [-0.05, 0) is 19.1 Å². The molecule has 0 spiro atoms. The third kappa shape index (κ3) is 3.46. The van der Waals surface area contributed by atoms with E-state index in [9.17, 15) is 4.79 Å². The van der Waals surface area contributed by atoms with Crippen LogP contribution in [-0.2, 0) is 9.53 Å². The van der Waals surface area contributed by atoms with Crippen LogP contribution in [0.25, 0.3) is 0 Å². The van der Waals surface area contributed by atoms with Crippen molar-refractivity contribution in [3.05, 3.63) is 29.0 Å². The highest BCUT2D eigenvalue weighted by Gasteiger charge is 1.93. The van der Waals surface area contributed by atoms with E-state index in [0.29, 0.717) is 17.3 Å². The Kier molecular flexibility index (Phi) is 3.96. The van der Waals surface area contributed by atoms with Crippen molar-refractivity contribution in [2.24, 2.45) is 0 Å². The van der Waals surface area contributed by atoms with E-state index < -0.39 is 5.97 Å². The minimum Gasteiger partial charge on any atom is -0.456 e. The molecule has 0 fully saturated rings. The summed E-state index contributed by atoms with van der Waals surface area (Å²) >= 11 is 5.57. The summed E-state index contributed by atoms with van der Waals surface area (Å²) in [5, 5.41) is 0.395. The monoisotopic (exact) mass is 209 g/mol. The van der Waals surface area contributed by atoms with Crippen LogP contribution in [-0.4, -0.2) is 17.6 Å². The van der Waals surface area contributed by atoms with Gasteiger partial charge in [-0.1, -0.05) is 17.5 Å². The predicted octanol–water partition coefficient (Wildman–Crippen LogP) is 1.65. The normalized spacial score (nSPS) is 8.71. The van der Waals surface area contributed by atoms with Gasteiger partial charge >= 0.3 is 5.97 Å². The first-order chi connectivity index (χ1) is 6.72. The van der Waals surface area contributed by atoms with Crippen LogP contribution in [0.4, 0.5) is 0 Å². The molecule has 0 aliphatic heterocycles. The fraction of sp³-hybridized carbons (Fsp3) is 0.200. The number of aromatic nitrogens is 1. The fourth-order valence-electron chi connectivity index (χ4n) is 0.740. The van der Waals surface area contributed by atoms with Gasteiger partial charge < -0.3 is 4.74 Å². The zero-order valence-corrected chi connectivity index (χ0v) is 8.34. The van der Waals surface area contributed by atoms with E-state index in [1.54, 1.807) is 19.1 Å². The topological polar surface area (TPSA) is 39.2 Å². The molecule has 1 aromatic heterocycles. The van der Waals surface area contributed by atoms with Crippen molar-refractivity contribution in [2.75, 3.05) is 6.61 Å². The maximum Gasteiger partial charge on any atom is 0.384 e. The largest absolute Gasteiger partial charge is 0.456 e. The molecular weight excluding hydrogens is 202 g/mol. The fourth-order valence-corrected chi connectivity index (χ4v) is 0.852. The van der Waals surface area contributed by atoms with Gasteiger partial charge in [-0.15, -0.1) is 0 Å². The molecular formula is C10H8ClNO2. The zero-order chi connectivity index (χ0) is 10.4. The van der Waals surface area contributed by atoms with E-state index in [1.807, 2.05) is 0 Å². The molecule has 0 bridgehead atoms. The lowest BCUT2D eigenvalue weighted by Crippen LogP contribution is -1.99. The second-order valence-corrected chi connectivity index (χ2v) is 2.73. The highest BCUT2D eigenvalue weighted by Crippen LogP contribution is 2.03. The maximum atomic E-state index is 10.8. The predicted molar refractivity (Wildman–Crippen MR) is 52.8 cm³/mol. The van der Waals surface area contributed by atoms with Crippen molar-refractivity contribution in [2.45, 2.75) is 6.92 Å². The number of nitrogens with zero attached hydrogens (tertiary/aromatic N) is 1. The number of carbonyl (C=O) groups excluding carboxylic acids is 1. The van der Waals surface area contributed by atoms with Gasteiger partial charge in [0.05, 0.1) is 6.61 Å². The van der Waals surface area contributed by atoms with Gasteiger partial charge in [0, 0.05) is 17.7 Å².